The number of carbonyl (C=O) groups excluding carboxylic acids is 2. The summed E-state index contributed by atoms with van der Waals surface area (Å²) in [4.78, 5) is 26.5. The second kappa shape index (κ2) is 8.31. The van der Waals surface area contributed by atoms with Crippen LogP contribution in [-0.4, -0.2) is 39.8 Å². The average molecular weight is 428 g/mol. The summed E-state index contributed by atoms with van der Waals surface area (Å²) in [5, 5.41) is 12.0. The maximum atomic E-state index is 12.5. The van der Waals surface area contributed by atoms with E-state index in [2.05, 4.69) is 15.6 Å². The number of nitrogens with one attached hydrogen (secondary N) is 1. The molecule has 2 amide bonds. The van der Waals surface area contributed by atoms with Crippen LogP contribution in [0.5, 0.6) is 0 Å². The molecule has 156 valence electrons. The number of aryl methyl sites for hydroxylation is 3. The Morgan fingerprint density at radius 2 is 2.13 bits per heavy atom. The maximum Gasteiger partial charge on any atom is 0.240 e. The van der Waals surface area contributed by atoms with Crippen molar-refractivity contribution in [2.24, 2.45) is 0 Å². The minimum Gasteiger partial charge on any atom is -0.361 e. The fourth-order valence-electron chi connectivity index (χ4n) is 3.60. The number of aromatic nitrogens is 3. The molecule has 0 bridgehead atoms. The Hall–Kier alpha value is -3.13. The van der Waals surface area contributed by atoms with E-state index in [4.69, 9.17) is 16.1 Å². The summed E-state index contributed by atoms with van der Waals surface area (Å²) in [7, 11) is 0. The number of carbonyl (C=O) groups is 2. The van der Waals surface area contributed by atoms with Crippen molar-refractivity contribution in [2.75, 3.05) is 18.0 Å². The third-order valence-electron chi connectivity index (χ3n) is 5.17. The van der Waals surface area contributed by atoms with Crippen molar-refractivity contribution in [1.82, 2.24) is 20.3 Å². The quantitative estimate of drug-likeness (QED) is 0.652. The van der Waals surface area contributed by atoms with Crippen LogP contribution in [0.2, 0.25) is 5.02 Å². The average Bonchev–Trinajstić information content (AvgIpc) is 3.29. The van der Waals surface area contributed by atoms with Gasteiger partial charge < -0.3 is 9.84 Å². The lowest BCUT2D eigenvalue weighted by Gasteiger charge is -2.26. The number of halogens is 1. The fraction of sp³-hybridized carbons (Fsp3) is 0.333. The molecule has 1 aliphatic heterocycles. The molecule has 30 heavy (non-hydrogen) atoms. The molecule has 1 aliphatic rings. The zero-order valence-electron chi connectivity index (χ0n) is 16.8. The molecule has 0 saturated carbocycles. The van der Waals surface area contributed by atoms with Gasteiger partial charge in [0.2, 0.25) is 11.8 Å². The molecule has 3 aromatic rings. The van der Waals surface area contributed by atoms with Gasteiger partial charge in [-0.05, 0) is 32.4 Å². The van der Waals surface area contributed by atoms with Gasteiger partial charge in [0.05, 0.1) is 17.9 Å². The Morgan fingerprint density at radius 3 is 2.87 bits per heavy atom. The van der Waals surface area contributed by atoms with Gasteiger partial charge in [0, 0.05) is 35.2 Å². The van der Waals surface area contributed by atoms with Crippen molar-refractivity contribution in [3.05, 3.63) is 52.4 Å². The molecule has 0 spiro atoms. The van der Waals surface area contributed by atoms with Crippen LogP contribution < -0.4 is 10.2 Å². The van der Waals surface area contributed by atoms with Crippen molar-refractivity contribution in [2.45, 2.75) is 33.2 Å². The van der Waals surface area contributed by atoms with Crippen molar-refractivity contribution in [3.63, 3.8) is 0 Å². The van der Waals surface area contributed by atoms with E-state index in [1.807, 2.05) is 38.1 Å². The van der Waals surface area contributed by atoms with E-state index in [-0.39, 0.29) is 18.4 Å². The minimum absolute atomic E-state index is 0.0545. The molecule has 0 fully saturated rings. The molecule has 1 aromatic carbocycles. The first kappa shape index (κ1) is 20.2. The molecular weight excluding hydrogens is 406 g/mol. The normalized spacial score (nSPS) is 13.4. The molecule has 8 nitrogen and oxygen atoms in total. The first-order valence-electron chi connectivity index (χ1n) is 9.75. The van der Waals surface area contributed by atoms with E-state index in [0.29, 0.717) is 42.5 Å². The van der Waals surface area contributed by atoms with Gasteiger partial charge in [-0.15, -0.1) is 0 Å². The van der Waals surface area contributed by atoms with E-state index in [1.165, 1.54) is 4.90 Å². The van der Waals surface area contributed by atoms with Crippen LogP contribution in [0.1, 0.15) is 23.4 Å². The number of anilines is 1. The standard InChI is InChI=1S/C21H22ClN5O3/c1-13-17(14(2)30-25-13)6-8-23-19(28)12-26-20-11-18(15-4-3-5-16(22)10-15)24-27(20)9-7-21(26)29/h3-5,10-11H,6-9,12H2,1-2H3,(H,23,28). The highest BCUT2D eigenvalue weighted by molar-refractivity contribution is 6.30. The lowest BCUT2D eigenvalue weighted by molar-refractivity contribution is -0.124. The topological polar surface area (TPSA) is 93.3 Å². The monoisotopic (exact) mass is 427 g/mol. The molecule has 9 heteroatoms. The molecule has 0 aliphatic carbocycles. The van der Waals surface area contributed by atoms with Gasteiger partial charge in [0.25, 0.3) is 0 Å². The van der Waals surface area contributed by atoms with Gasteiger partial charge >= 0.3 is 0 Å². The summed E-state index contributed by atoms with van der Waals surface area (Å²) in [6.45, 7) is 4.59. The molecule has 1 N–H and O–H groups in total. The molecule has 0 radical (unpaired) electrons. The van der Waals surface area contributed by atoms with Crippen LogP contribution in [-0.2, 0) is 22.6 Å². The van der Waals surface area contributed by atoms with Crippen LogP contribution >= 0.6 is 11.6 Å². The summed E-state index contributed by atoms with van der Waals surface area (Å²) >= 11 is 6.09. The lowest BCUT2D eigenvalue weighted by Crippen LogP contribution is -2.44. The van der Waals surface area contributed by atoms with Crippen LogP contribution in [0.4, 0.5) is 5.82 Å². The molecule has 3 heterocycles. The lowest BCUT2D eigenvalue weighted by atomic mass is 10.1. The van der Waals surface area contributed by atoms with E-state index in [0.717, 1.165) is 22.6 Å². The van der Waals surface area contributed by atoms with Crippen LogP contribution in [0.15, 0.2) is 34.9 Å². The third-order valence-corrected chi connectivity index (χ3v) is 5.41. The van der Waals surface area contributed by atoms with Crippen molar-refractivity contribution >= 4 is 29.2 Å². The Morgan fingerprint density at radius 1 is 1.30 bits per heavy atom. The Labute approximate surface area is 178 Å². The number of benzene rings is 1. The summed E-state index contributed by atoms with van der Waals surface area (Å²) in [5.41, 5.74) is 3.39. The first-order valence-corrected chi connectivity index (χ1v) is 10.1. The van der Waals surface area contributed by atoms with Gasteiger partial charge in [-0.25, -0.2) is 4.68 Å². The number of rotatable bonds is 6. The van der Waals surface area contributed by atoms with E-state index >= 15 is 0 Å². The highest BCUT2D eigenvalue weighted by atomic mass is 35.5. The van der Waals surface area contributed by atoms with Crippen LogP contribution in [0.25, 0.3) is 11.3 Å². The predicted octanol–water partition coefficient (Wildman–Crippen LogP) is 2.90. The van der Waals surface area contributed by atoms with E-state index in [1.54, 1.807) is 10.7 Å². The zero-order valence-corrected chi connectivity index (χ0v) is 17.6. The highest BCUT2D eigenvalue weighted by Crippen LogP contribution is 2.29. The van der Waals surface area contributed by atoms with Crippen LogP contribution in [0.3, 0.4) is 0 Å². The molecular formula is C21H22ClN5O3. The highest BCUT2D eigenvalue weighted by Gasteiger charge is 2.28. The Kier molecular flexibility index (Phi) is 5.59. The molecule has 0 saturated heterocycles. The fourth-order valence-corrected chi connectivity index (χ4v) is 3.79. The summed E-state index contributed by atoms with van der Waals surface area (Å²) in [5.74, 6) is 1.04. The zero-order chi connectivity index (χ0) is 21.3. The van der Waals surface area contributed by atoms with Gasteiger partial charge in [0.1, 0.15) is 18.1 Å². The Bertz CT molecular complexity index is 1080. The van der Waals surface area contributed by atoms with Crippen molar-refractivity contribution < 1.29 is 14.1 Å². The van der Waals surface area contributed by atoms with Gasteiger partial charge in [0.15, 0.2) is 0 Å². The van der Waals surface area contributed by atoms with Gasteiger partial charge in [-0.3, -0.25) is 14.5 Å². The second-order valence-electron chi connectivity index (χ2n) is 7.25. The second-order valence-corrected chi connectivity index (χ2v) is 7.69. The number of hydrogen-bond donors (Lipinski definition) is 1. The van der Waals surface area contributed by atoms with Crippen LogP contribution in [0, 0.1) is 13.8 Å². The van der Waals surface area contributed by atoms with E-state index in [9.17, 15) is 9.59 Å². The maximum absolute atomic E-state index is 12.5. The number of hydrogen-bond acceptors (Lipinski definition) is 5. The predicted molar refractivity (Wildman–Crippen MR) is 112 cm³/mol. The van der Waals surface area contributed by atoms with Gasteiger partial charge in [-0.2, -0.15) is 5.10 Å². The molecule has 2 aromatic heterocycles. The van der Waals surface area contributed by atoms with Gasteiger partial charge in [-0.1, -0.05) is 28.9 Å². The summed E-state index contributed by atoms with van der Waals surface area (Å²) in [6.07, 6.45) is 0.924. The number of fused-ring (bicyclic) bond motifs is 1. The first-order chi connectivity index (χ1) is 14.4. The SMILES string of the molecule is Cc1noc(C)c1CCNC(=O)CN1C(=O)CCn2nc(-c3cccc(Cl)c3)cc21. The van der Waals surface area contributed by atoms with Crippen molar-refractivity contribution in [1.29, 1.82) is 0 Å². The molecule has 4 rings (SSSR count). The molecule has 0 unspecified atom stereocenters. The minimum atomic E-state index is -0.228. The third kappa shape index (κ3) is 4.09. The summed E-state index contributed by atoms with van der Waals surface area (Å²) in [6, 6.07) is 9.20. The van der Waals surface area contributed by atoms with E-state index < -0.39 is 0 Å². The number of nitrogens with zero attached hydrogens (tertiary/aromatic N) is 4. The number of amides is 2. The Balaban J connectivity index is 1.44. The smallest absolute Gasteiger partial charge is 0.240 e. The summed E-state index contributed by atoms with van der Waals surface area (Å²) < 4.78 is 6.90. The largest absolute Gasteiger partial charge is 0.361 e. The van der Waals surface area contributed by atoms with Crippen molar-refractivity contribution in [3.8, 4) is 11.3 Å². The molecule has 0 atom stereocenters.